The van der Waals surface area contributed by atoms with Gasteiger partial charge in [0.2, 0.25) is 0 Å². The molecule has 0 heterocycles. The molecule has 1 aromatic carbocycles. The Morgan fingerprint density at radius 1 is 1.42 bits per heavy atom. The Balaban J connectivity index is 2.39. The Labute approximate surface area is 114 Å². The fourth-order valence-corrected chi connectivity index (χ4v) is 2.56. The summed E-state index contributed by atoms with van der Waals surface area (Å²) in [5.74, 6) is -1.23. The van der Waals surface area contributed by atoms with E-state index < -0.39 is 10.9 Å². The molecule has 1 saturated carbocycles. The van der Waals surface area contributed by atoms with Crippen molar-refractivity contribution in [1.82, 2.24) is 0 Å². The van der Waals surface area contributed by atoms with Crippen molar-refractivity contribution in [2.45, 2.75) is 31.7 Å². The first kappa shape index (κ1) is 13.6. The first-order valence-electron chi connectivity index (χ1n) is 5.97. The predicted octanol–water partition coefficient (Wildman–Crippen LogP) is 3.30. The van der Waals surface area contributed by atoms with E-state index in [1.54, 1.807) is 0 Å². The number of carboxylic acids is 1. The van der Waals surface area contributed by atoms with Crippen molar-refractivity contribution in [2.75, 3.05) is 5.32 Å². The average Bonchev–Trinajstić information content (AvgIpc) is 2.83. The second kappa shape index (κ2) is 5.44. The van der Waals surface area contributed by atoms with Crippen molar-refractivity contribution in [3.63, 3.8) is 0 Å². The van der Waals surface area contributed by atoms with E-state index in [-0.39, 0.29) is 28.0 Å². The lowest BCUT2D eigenvalue weighted by molar-refractivity contribution is -0.384. The maximum absolute atomic E-state index is 11.2. The van der Waals surface area contributed by atoms with Crippen LogP contribution in [0.1, 0.15) is 36.0 Å². The number of hydrogen-bond donors (Lipinski definition) is 2. The fraction of sp³-hybridized carbons (Fsp3) is 0.417. The molecule has 0 amide bonds. The van der Waals surface area contributed by atoms with E-state index in [0.29, 0.717) is 0 Å². The zero-order valence-corrected chi connectivity index (χ0v) is 10.8. The highest BCUT2D eigenvalue weighted by molar-refractivity contribution is 6.34. The van der Waals surface area contributed by atoms with Crippen molar-refractivity contribution in [3.05, 3.63) is 32.8 Å². The lowest BCUT2D eigenvalue weighted by Gasteiger charge is -2.16. The molecule has 2 N–H and O–H groups in total. The number of nitrogens with zero attached hydrogens (tertiary/aromatic N) is 1. The maximum atomic E-state index is 11.2. The van der Waals surface area contributed by atoms with Crippen LogP contribution in [0, 0.1) is 10.1 Å². The Hall–Kier alpha value is -1.82. The van der Waals surface area contributed by atoms with E-state index in [2.05, 4.69) is 5.32 Å². The van der Waals surface area contributed by atoms with Gasteiger partial charge < -0.3 is 10.4 Å². The van der Waals surface area contributed by atoms with Crippen molar-refractivity contribution < 1.29 is 14.8 Å². The van der Waals surface area contributed by atoms with E-state index in [0.717, 1.165) is 31.7 Å². The predicted molar refractivity (Wildman–Crippen MR) is 70.9 cm³/mol. The van der Waals surface area contributed by atoms with Crippen molar-refractivity contribution in [2.24, 2.45) is 0 Å². The number of nitrogens with one attached hydrogen (secondary N) is 1. The van der Waals surface area contributed by atoms with Gasteiger partial charge in [0.1, 0.15) is 0 Å². The zero-order valence-electron chi connectivity index (χ0n) is 10.1. The van der Waals surface area contributed by atoms with Crippen molar-refractivity contribution >= 4 is 28.9 Å². The number of anilines is 1. The zero-order chi connectivity index (χ0) is 14.0. The Morgan fingerprint density at radius 2 is 2.05 bits per heavy atom. The minimum absolute atomic E-state index is 0.0681. The van der Waals surface area contributed by atoms with E-state index in [4.69, 9.17) is 16.7 Å². The SMILES string of the molecule is O=C(O)c1cc([N+](=O)[O-])cc(Cl)c1NC1CCCC1. The number of carboxylic acid groups (broad SMARTS) is 1. The molecule has 0 bridgehead atoms. The number of non-ortho nitro benzene ring substituents is 1. The van der Waals surface area contributed by atoms with E-state index >= 15 is 0 Å². The summed E-state index contributed by atoms with van der Waals surface area (Å²) in [5, 5.41) is 23.0. The van der Waals surface area contributed by atoms with Gasteiger partial charge in [0.25, 0.3) is 5.69 Å². The first-order chi connectivity index (χ1) is 8.99. The second-order valence-electron chi connectivity index (χ2n) is 4.54. The van der Waals surface area contributed by atoms with Gasteiger partial charge in [-0.1, -0.05) is 24.4 Å². The normalized spacial score (nSPS) is 15.4. The van der Waals surface area contributed by atoms with Gasteiger partial charge in [0.05, 0.1) is 21.2 Å². The summed E-state index contributed by atoms with van der Waals surface area (Å²) in [7, 11) is 0. The van der Waals surface area contributed by atoms with E-state index in [9.17, 15) is 14.9 Å². The molecule has 1 fully saturated rings. The van der Waals surface area contributed by atoms with Crippen LogP contribution in [0.15, 0.2) is 12.1 Å². The molecule has 0 aliphatic heterocycles. The number of benzene rings is 1. The standard InChI is InChI=1S/C12H13ClN2O4/c13-10-6-8(15(18)19)5-9(12(16)17)11(10)14-7-3-1-2-4-7/h5-7,14H,1-4H2,(H,16,17). The summed E-state index contributed by atoms with van der Waals surface area (Å²) < 4.78 is 0. The van der Waals surface area contributed by atoms with Crippen LogP contribution in [-0.2, 0) is 0 Å². The Morgan fingerprint density at radius 3 is 2.58 bits per heavy atom. The third kappa shape index (κ3) is 2.96. The van der Waals surface area contributed by atoms with Crippen LogP contribution in [-0.4, -0.2) is 22.0 Å². The highest BCUT2D eigenvalue weighted by Crippen LogP contribution is 2.33. The summed E-state index contributed by atoms with van der Waals surface area (Å²) in [4.78, 5) is 21.3. The highest BCUT2D eigenvalue weighted by atomic mass is 35.5. The minimum Gasteiger partial charge on any atom is -0.478 e. The number of hydrogen-bond acceptors (Lipinski definition) is 4. The van der Waals surface area contributed by atoms with Gasteiger partial charge in [-0.3, -0.25) is 10.1 Å². The molecule has 0 spiro atoms. The van der Waals surface area contributed by atoms with Crippen LogP contribution in [0.4, 0.5) is 11.4 Å². The molecular weight excluding hydrogens is 272 g/mol. The smallest absolute Gasteiger partial charge is 0.338 e. The summed E-state index contributed by atoms with van der Waals surface area (Å²) >= 11 is 5.97. The molecule has 0 aromatic heterocycles. The lowest BCUT2D eigenvalue weighted by Crippen LogP contribution is -2.17. The Kier molecular flexibility index (Phi) is 3.90. The van der Waals surface area contributed by atoms with Gasteiger partial charge >= 0.3 is 5.97 Å². The molecule has 0 radical (unpaired) electrons. The molecule has 102 valence electrons. The van der Waals surface area contributed by atoms with Crippen LogP contribution in [0.5, 0.6) is 0 Å². The van der Waals surface area contributed by atoms with Crippen molar-refractivity contribution in [3.8, 4) is 0 Å². The molecule has 1 aliphatic carbocycles. The largest absolute Gasteiger partial charge is 0.478 e. The second-order valence-corrected chi connectivity index (χ2v) is 4.95. The van der Waals surface area contributed by atoms with Crippen LogP contribution < -0.4 is 5.32 Å². The molecule has 0 atom stereocenters. The quantitative estimate of drug-likeness (QED) is 0.653. The third-order valence-corrected chi connectivity index (χ3v) is 3.52. The molecule has 2 rings (SSSR count). The van der Waals surface area contributed by atoms with Gasteiger partial charge in [0, 0.05) is 18.2 Å². The van der Waals surface area contributed by atoms with Crippen LogP contribution in [0.25, 0.3) is 0 Å². The molecule has 1 aromatic rings. The monoisotopic (exact) mass is 284 g/mol. The van der Waals surface area contributed by atoms with Gasteiger partial charge in [-0.15, -0.1) is 0 Å². The van der Waals surface area contributed by atoms with Crippen molar-refractivity contribution in [1.29, 1.82) is 0 Å². The molecule has 0 saturated heterocycles. The first-order valence-corrected chi connectivity index (χ1v) is 6.34. The van der Waals surface area contributed by atoms with Crippen LogP contribution >= 0.6 is 11.6 Å². The van der Waals surface area contributed by atoms with Gasteiger partial charge in [-0.05, 0) is 12.8 Å². The van der Waals surface area contributed by atoms with Gasteiger partial charge in [0.15, 0.2) is 0 Å². The molecule has 1 aliphatic rings. The fourth-order valence-electron chi connectivity index (χ4n) is 2.29. The summed E-state index contributed by atoms with van der Waals surface area (Å²) in [6.07, 6.45) is 4.08. The van der Waals surface area contributed by atoms with E-state index in [1.165, 1.54) is 6.07 Å². The molecule has 19 heavy (non-hydrogen) atoms. The molecule has 0 unspecified atom stereocenters. The lowest BCUT2D eigenvalue weighted by atomic mass is 10.1. The number of nitro benzene ring substituents is 1. The third-order valence-electron chi connectivity index (χ3n) is 3.22. The van der Waals surface area contributed by atoms with Gasteiger partial charge in [-0.2, -0.15) is 0 Å². The highest BCUT2D eigenvalue weighted by Gasteiger charge is 2.23. The van der Waals surface area contributed by atoms with Gasteiger partial charge in [-0.25, -0.2) is 4.79 Å². The van der Waals surface area contributed by atoms with Crippen LogP contribution in [0.3, 0.4) is 0 Å². The topological polar surface area (TPSA) is 92.5 Å². The number of nitro groups is 1. The number of aromatic carboxylic acids is 1. The average molecular weight is 285 g/mol. The summed E-state index contributed by atoms with van der Waals surface area (Å²) in [5.41, 5.74) is -0.211. The molecule has 7 heteroatoms. The Bertz CT molecular complexity index is 527. The van der Waals surface area contributed by atoms with E-state index in [1.807, 2.05) is 0 Å². The molecule has 6 nitrogen and oxygen atoms in total. The number of carbonyl (C=O) groups is 1. The maximum Gasteiger partial charge on any atom is 0.338 e. The summed E-state index contributed by atoms with van der Waals surface area (Å²) in [6.45, 7) is 0. The number of rotatable bonds is 4. The molecular formula is C12H13ClN2O4. The summed E-state index contributed by atoms with van der Waals surface area (Å²) in [6, 6.07) is 2.38. The number of halogens is 1. The minimum atomic E-state index is -1.23. The van der Waals surface area contributed by atoms with Crippen LogP contribution in [0.2, 0.25) is 5.02 Å².